The van der Waals surface area contributed by atoms with Crippen LogP contribution >= 0.6 is 0 Å². The lowest BCUT2D eigenvalue weighted by atomic mass is 10.1. The van der Waals surface area contributed by atoms with E-state index in [0.29, 0.717) is 0 Å². The normalized spacial score (nSPS) is 12.7. The van der Waals surface area contributed by atoms with Crippen molar-refractivity contribution in [3.63, 3.8) is 0 Å². The van der Waals surface area contributed by atoms with Crippen LogP contribution in [0.2, 0.25) is 0 Å². The first kappa shape index (κ1) is 14.7. The molecular formula is C15H21FN4. The molecule has 0 aliphatic heterocycles. The van der Waals surface area contributed by atoms with Gasteiger partial charge >= 0.3 is 0 Å². The van der Waals surface area contributed by atoms with E-state index in [1.807, 2.05) is 13.8 Å². The summed E-state index contributed by atoms with van der Waals surface area (Å²) in [5, 5.41) is 11.8. The first-order valence-electron chi connectivity index (χ1n) is 6.96. The molecule has 0 spiro atoms. The van der Waals surface area contributed by atoms with Gasteiger partial charge in [-0.05, 0) is 51.4 Å². The highest BCUT2D eigenvalue weighted by molar-refractivity contribution is 5.41. The van der Waals surface area contributed by atoms with Crippen LogP contribution in [0, 0.1) is 19.7 Å². The monoisotopic (exact) mass is 276 g/mol. The molecule has 1 unspecified atom stereocenters. The number of rotatable bonds is 5. The molecule has 1 aromatic carbocycles. The maximum atomic E-state index is 13.4. The number of hydrogen-bond acceptors (Lipinski definition) is 3. The predicted octanol–water partition coefficient (Wildman–Crippen LogP) is 3.08. The van der Waals surface area contributed by atoms with Crippen molar-refractivity contribution in [2.75, 3.05) is 6.54 Å². The second-order valence-corrected chi connectivity index (χ2v) is 5.08. The fraction of sp³-hybridized carbons (Fsp3) is 0.467. The van der Waals surface area contributed by atoms with Crippen LogP contribution in [0.4, 0.5) is 4.39 Å². The van der Waals surface area contributed by atoms with Gasteiger partial charge in [-0.1, -0.05) is 18.2 Å². The van der Waals surface area contributed by atoms with Gasteiger partial charge < -0.3 is 5.32 Å². The van der Waals surface area contributed by atoms with Crippen molar-refractivity contribution in [1.29, 1.82) is 0 Å². The zero-order valence-corrected chi connectivity index (χ0v) is 12.4. The average molecular weight is 276 g/mol. The Balaban J connectivity index is 2.35. The molecule has 2 rings (SSSR count). The molecule has 0 radical (unpaired) electrons. The van der Waals surface area contributed by atoms with E-state index in [2.05, 4.69) is 29.5 Å². The molecule has 0 fully saturated rings. The number of halogens is 1. The lowest BCUT2D eigenvalue weighted by molar-refractivity contribution is 0.555. The van der Waals surface area contributed by atoms with Crippen molar-refractivity contribution < 1.29 is 4.39 Å². The van der Waals surface area contributed by atoms with Crippen molar-refractivity contribution in [3.8, 4) is 5.69 Å². The zero-order valence-electron chi connectivity index (χ0n) is 12.4. The number of aryl methyl sites for hydroxylation is 1. The maximum Gasteiger partial charge on any atom is 0.125 e. The van der Waals surface area contributed by atoms with Gasteiger partial charge in [-0.25, -0.2) is 9.07 Å². The topological polar surface area (TPSA) is 42.7 Å². The Kier molecular flexibility index (Phi) is 4.49. The molecule has 1 aromatic heterocycles. The van der Waals surface area contributed by atoms with Gasteiger partial charge in [-0.2, -0.15) is 0 Å². The van der Waals surface area contributed by atoms with E-state index >= 15 is 0 Å². The summed E-state index contributed by atoms with van der Waals surface area (Å²) in [7, 11) is 0. The fourth-order valence-corrected chi connectivity index (χ4v) is 2.24. The lowest BCUT2D eigenvalue weighted by Crippen LogP contribution is -2.20. The van der Waals surface area contributed by atoms with Gasteiger partial charge in [0.25, 0.3) is 0 Å². The van der Waals surface area contributed by atoms with Crippen molar-refractivity contribution in [2.45, 2.75) is 40.2 Å². The first-order chi connectivity index (χ1) is 9.54. The molecule has 0 amide bonds. The Morgan fingerprint density at radius 3 is 2.80 bits per heavy atom. The second-order valence-electron chi connectivity index (χ2n) is 5.08. The van der Waals surface area contributed by atoms with E-state index in [0.717, 1.165) is 35.6 Å². The largest absolute Gasteiger partial charge is 0.309 e. The van der Waals surface area contributed by atoms with E-state index < -0.39 is 0 Å². The summed E-state index contributed by atoms with van der Waals surface area (Å²) in [6.07, 6.45) is 1.07. The molecule has 1 atom stereocenters. The van der Waals surface area contributed by atoms with Crippen molar-refractivity contribution in [3.05, 3.63) is 41.0 Å². The van der Waals surface area contributed by atoms with Gasteiger partial charge in [0, 0.05) is 0 Å². The fourth-order valence-electron chi connectivity index (χ4n) is 2.24. The second kappa shape index (κ2) is 6.13. The summed E-state index contributed by atoms with van der Waals surface area (Å²) < 4.78 is 15.1. The molecule has 2 aromatic rings. The van der Waals surface area contributed by atoms with Crippen LogP contribution in [0.5, 0.6) is 0 Å². The number of nitrogens with zero attached hydrogens (tertiary/aromatic N) is 3. The summed E-state index contributed by atoms with van der Waals surface area (Å²) in [5.74, 6) is -0.265. The smallest absolute Gasteiger partial charge is 0.125 e. The Labute approximate surface area is 119 Å². The number of hydrogen-bond donors (Lipinski definition) is 1. The highest BCUT2D eigenvalue weighted by Crippen LogP contribution is 2.20. The van der Waals surface area contributed by atoms with Crippen LogP contribution in [-0.4, -0.2) is 21.5 Å². The number of nitrogens with one attached hydrogen (secondary N) is 1. The van der Waals surface area contributed by atoms with Crippen LogP contribution < -0.4 is 5.32 Å². The standard InChI is InChI=1S/C15H21FN4/c1-5-8-17-11(3)15-12(4)20(19-18-15)14-9-13(16)7-6-10(14)2/h6-7,9,11,17H,5,8H2,1-4H3. The third-order valence-corrected chi connectivity index (χ3v) is 3.44. The Morgan fingerprint density at radius 1 is 1.35 bits per heavy atom. The van der Waals surface area contributed by atoms with Crippen LogP contribution in [0.15, 0.2) is 18.2 Å². The van der Waals surface area contributed by atoms with Crippen molar-refractivity contribution in [1.82, 2.24) is 20.3 Å². The molecule has 1 N–H and O–H groups in total. The Morgan fingerprint density at radius 2 is 2.10 bits per heavy atom. The minimum absolute atomic E-state index is 0.137. The minimum Gasteiger partial charge on any atom is -0.309 e. The Bertz CT molecular complexity index is 592. The average Bonchev–Trinajstić information content (AvgIpc) is 2.80. The highest BCUT2D eigenvalue weighted by atomic mass is 19.1. The van der Waals surface area contributed by atoms with Crippen LogP contribution in [0.25, 0.3) is 5.69 Å². The van der Waals surface area contributed by atoms with E-state index in [1.165, 1.54) is 12.1 Å². The van der Waals surface area contributed by atoms with Gasteiger partial charge in [0.15, 0.2) is 0 Å². The molecule has 0 bridgehead atoms. The summed E-state index contributed by atoms with van der Waals surface area (Å²) in [6.45, 7) is 9.03. The number of aromatic nitrogens is 3. The molecule has 0 saturated carbocycles. The van der Waals surface area contributed by atoms with Crippen LogP contribution in [0.1, 0.15) is 43.3 Å². The van der Waals surface area contributed by atoms with Gasteiger partial charge in [0.1, 0.15) is 11.5 Å². The van der Waals surface area contributed by atoms with Crippen LogP contribution in [0.3, 0.4) is 0 Å². The summed E-state index contributed by atoms with van der Waals surface area (Å²) in [5.41, 5.74) is 3.56. The van der Waals surface area contributed by atoms with Gasteiger partial charge in [0.2, 0.25) is 0 Å². The molecule has 0 saturated heterocycles. The molecule has 0 aliphatic carbocycles. The molecular weight excluding hydrogens is 255 g/mol. The summed E-state index contributed by atoms with van der Waals surface area (Å²) >= 11 is 0. The Hall–Kier alpha value is -1.75. The van der Waals surface area contributed by atoms with Gasteiger partial charge in [0.05, 0.1) is 17.4 Å². The summed E-state index contributed by atoms with van der Waals surface area (Å²) in [4.78, 5) is 0. The van der Waals surface area contributed by atoms with E-state index in [4.69, 9.17) is 0 Å². The van der Waals surface area contributed by atoms with Gasteiger partial charge in [-0.15, -0.1) is 5.10 Å². The highest BCUT2D eigenvalue weighted by Gasteiger charge is 2.16. The van der Waals surface area contributed by atoms with Crippen LogP contribution in [-0.2, 0) is 0 Å². The summed E-state index contributed by atoms with van der Waals surface area (Å²) in [6, 6.07) is 4.84. The maximum absolute atomic E-state index is 13.4. The van der Waals surface area contributed by atoms with E-state index in [-0.39, 0.29) is 11.9 Å². The first-order valence-corrected chi connectivity index (χ1v) is 6.96. The van der Waals surface area contributed by atoms with Crippen molar-refractivity contribution >= 4 is 0 Å². The molecule has 108 valence electrons. The number of benzene rings is 1. The quantitative estimate of drug-likeness (QED) is 0.912. The predicted molar refractivity (Wildman–Crippen MR) is 77.5 cm³/mol. The third-order valence-electron chi connectivity index (χ3n) is 3.44. The molecule has 4 nitrogen and oxygen atoms in total. The zero-order chi connectivity index (χ0) is 14.7. The minimum atomic E-state index is -0.265. The lowest BCUT2D eigenvalue weighted by Gasteiger charge is -2.12. The van der Waals surface area contributed by atoms with Crippen molar-refractivity contribution in [2.24, 2.45) is 0 Å². The SMILES string of the molecule is CCCNC(C)c1nnn(-c2cc(F)ccc2C)c1C. The molecule has 20 heavy (non-hydrogen) atoms. The molecule has 0 aliphatic rings. The van der Waals surface area contributed by atoms with Gasteiger partial charge in [-0.3, -0.25) is 0 Å². The third kappa shape index (κ3) is 2.88. The van der Waals surface area contributed by atoms with E-state index in [9.17, 15) is 4.39 Å². The van der Waals surface area contributed by atoms with E-state index in [1.54, 1.807) is 10.7 Å². The molecule has 5 heteroatoms. The molecule has 1 heterocycles.